The summed E-state index contributed by atoms with van der Waals surface area (Å²) in [5.74, 6) is 0.130. The fourth-order valence-corrected chi connectivity index (χ4v) is 5.51. The summed E-state index contributed by atoms with van der Waals surface area (Å²) < 4.78 is 48.1. The Morgan fingerprint density at radius 2 is 2.08 bits per heavy atom. The molecule has 1 unspecified atom stereocenters. The van der Waals surface area contributed by atoms with Crippen LogP contribution in [0.15, 0.2) is 42.2 Å². The van der Waals surface area contributed by atoms with Crippen LogP contribution in [0.25, 0.3) is 0 Å². The second-order valence-electron chi connectivity index (χ2n) is 8.75. The molecule has 7 nitrogen and oxygen atoms in total. The molecule has 0 spiro atoms. The van der Waals surface area contributed by atoms with Crippen LogP contribution in [-0.4, -0.2) is 45.9 Å². The first-order valence-electron chi connectivity index (χ1n) is 11.6. The predicted octanol–water partition coefficient (Wildman–Crippen LogP) is 5.95. The van der Waals surface area contributed by atoms with Crippen molar-refractivity contribution in [3.8, 4) is 11.8 Å². The quantitative estimate of drug-likeness (QED) is 0.290. The van der Waals surface area contributed by atoms with Crippen LogP contribution >= 0.6 is 22.9 Å². The molecule has 3 aromatic rings. The summed E-state index contributed by atoms with van der Waals surface area (Å²) >= 11 is 7.17. The Bertz CT molecular complexity index is 1260. The van der Waals surface area contributed by atoms with Gasteiger partial charge in [-0.05, 0) is 44.0 Å². The largest absolute Gasteiger partial charge is 0.492 e. The van der Waals surface area contributed by atoms with Crippen molar-refractivity contribution >= 4 is 22.9 Å². The normalized spacial score (nSPS) is 15.5. The molecule has 12 heteroatoms. The molecule has 0 amide bonds. The third-order valence-corrected chi connectivity index (χ3v) is 7.62. The number of likely N-dealkylation sites (tertiary alicyclic amines) is 1. The van der Waals surface area contributed by atoms with E-state index >= 15 is 0 Å². The fourth-order valence-electron chi connectivity index (χ4n) is 4.36. The molecule has 0 N–H and O–H groups in total. The molecule has 0 aliphatic carbocycles. The lowest BCUT2D eigenvalue weighted by Gasteiger charge is -2.35. The average molecular weight is 551 g/mol. The predicted molar refractivity (Wildman–Crippen MR) is 132 cm³/mol. The molecule has 3 heterocycles. The van der Waals surface area contributed by atoms with Gasteiger partial charge in [0.15, 0.2) is 0 Å². The van der Waals surface area contributed by atoms with Crippen molar-refractivity contribution in [2.24, 2.45) is 5.92 Å². The van der Waals surface area contributed by atoms with Crippen LogP contribution in [0.3, 0.4) is 0 Å². The summed E-state index contributed by atoms with van der Waals surface area (Å²) in [6, 6.07) is 7.20. The first kappa shape index (κ1) is 27.0. The molecule has 2 aromatic heterocycles. The molecular weight excluding hydrogens is 527 g/mol. The van der Waals surface area contributed by atoms with Gasteiger partial charge in [0.2, 0.25) is 13.1 Å². The number of halogens is 4. The Hall–Kier alpha value is -3.07. The van der Waals surface area contributed by atoms with E-state index in [2.05, 4.69) is 9.97 Å². The van der Waals surface area contributed by atoms with Crippen LogP contribution in [0.1, 0.15) is 47.0 Å². The minimum atomic E-state index is -2.77. The average Bonchev–Trinajstić information content (AvgIpc) is 3.39. The number of aromatic nitrogens is 2. The van der Waals surface area contributed by atoms with Crippen molar-refractivity contribution in [3.05, 3.63) is 79.6 Å². The highest BCUT2D eigenvalue weighted by molar-refractivity contribution is 7.09. The van der Waals surface area contributed by atoms with Gasteiger partial charge in [-0.1, -0.05) is 17.7 Å². The Morgan fingerprint density at radius 3 is 2.78 bits per heavy atom. The Labute approximate surface area is 221 Å². The molecule has 1 aromatic carbocycles. The molecule has 194 valence electrons. The van der Waals surface area contributed by atoms with E-state index in [1.54, 1.807) is 12.3 Å². The molecule has 37 heavy (non-hydrogen) atoms. The highest BCUT2D eigenvalue weighted by atomic mass is 35.5. The molecule has 4 rings (SSSR count). The molecule has 1 atom stereocenters. The van der Waals surface area contributed by atoms with Gasteiger partial charge in [-0.15, -0.1) is 11.3 Å². The van der Waals surface area contributed by atoms with Gasteiger partial charge < -0.3 is 4.74 Å². The second-order valence-corrected chi connectivity index (χ2v) is 10.0. The van der Waals surface area contributed by atoms with Gasteiger partial charge in [-0.25, -0.2) is 18.2 Å². The molecule has 1 saturated heterocycles. The van der Waals surface area contributed by atoms with Gasteiger partial charge in [0.05, 0.1) is 39.3 Å². The van der Waals surface area contributed by atoms with Crippen LogP contribution in [0.4, 0.5) is 13.2 Å². The Morgan fingerprint density at radius 1 is 1.30 bits per heavy atom. The monoisotopic (exact) mass is 550 g/mol. The van der Waals surface area contributed by atoms with Crippen LogP contribution in [-0.2, 0) is 6.54 Å². The number of nitroso groups, excluding NO2 is 1. The number of thiazole rings is 1. The SMILES string of the molecule is N#Cc1cncc(OCC2CCN(C(C[N+](=O)Cc3c(F)cccc3Cl)c3scnc3C(F)F)CC2)c1. The summed E-state index contributed by atoms with van der Waals surface area (Å²) in [4.78, 5) is 23.1. The summed E-state index contributed by atoms with van der Waals surface area (Å²) in [6.45, 7) is 1.11. The summed E-state index contributed by atoms with van der Waals surface area (Å²) in [5.41, 5.74) is 1.51. The molecular formula is C25H24ClF3N5O2S+. The van der Waals surface area contributed by atoms with E-state index in [1.165, 1.54) is 29.9 Å². The van der Waals surface area contributed by atoms with E-state index in [-0.39, 0.29) is 35.3 Å². The summed E-state index contributed by atoms with van der Waals surface area (Å²) in [6.07, 6.45) is 1.68. The number of rotatable bonds is 10. The number of alkyl halides is 2. The molecule has 0 bridgehead atoms. The minimum absolute atomic E-state index is 0.0714. The number of pyridine rings is 1. The number of ether oxygens (including phenoxy) is 1. The molecule has 1 aliphatic rings. The van der Waals surface area contributed by atoms with E-state index in [1.807, 2.05) is 11.0 Å². The maximum Gasteiger partial charge on any atom is 0.281 e. The van der Waals surface area contributed by atoms with Gasteiger partial charge >= 0.3 is 0 Å². The third kappa shape index (κ3) is 6.83. The number of hydrogen-bond acceptors (Lipinski definition) is 7. The van der Waals surface area contributed by atoms with Crippen LogP contribution in [0.5, 0.6) is 5.75 Å². The molecule has 0 radical (unpaired) electrons. The van der Waals surface area contributed by atoms with Gasteiger partial charge in [-0.2, -0.15) is 5.26 Å². The Kier molecular flexibility index (Phi) is 9.08. The van der Waals surface area contributed by atoms with E-state index < -0.39 is 18.3 Å². The standard InChI is InChI=1S/C25H24ClF3N5O2S/c26-20-2-1-3-21(27)19(20)12-34(35)13-22(24-23(25(28)29)32-15-37-24)33-6-4-16(5-7-33)14-36-18-8-17(9-30)10-31-11-18/h1-3,8,10-11,15-16,22,25H,4-7,12-14H2/q+1. The lowest BCUT2D eigenvalue weighted by atomic mass is 9.96. The fraction of sp³-hybridized carbons (Fsp3) is 0.400. The van der Waals surface area contributed by atoms with E-state index in [4.69, 9.17) is 21.6 Å². The van der Waals surface area contributed by atoms with E-state index in [0.717, 1.165) is 24.2 Å². The highest BCUT2D eigenvalue weighted by Crippen LogP contribution is 2.36. The summed E-state index contributed by atoms with van der Waals surface area (Å²) in [5, 5.41) is 9.15. The van der Waals surface area contributed by atoms with Crippen LogP contribution in [0.2, 0.25) is 5.02 Å². The maximum atomic E-state index is 14.2. The Balaban J connectivity index is 1.43. The second kappa shape index (κ2) is 12.4. The van der Waals surface area contributed by atoms with Crippen LogP contribution < -0.4 is 4.74 Å². The lowest BCUT2D eigenvalue weighted by molar-refractivity contribution is -0.571. The van der Waals surface area contributed by atoms with Gasteiger partial charge in [-0.3, -0.25) is 9.88 Å². The zero-order valence-corrected chi connectivity index (χ0v) is 21.3. The number of nitrogens with zero attached hydrogens (tertiary/aromatic N) is 5. The van der Waals surface area contributed by atoms with Gasteiger partial charge in [0.1, 0.15) is 29.4 Å². The van der Waals surface area contributed by atoms with Crippen molar-refractivity contribution in [3.63, 3.8) is 0 Å². The molecule has 0 saturated carbocycles. The number of benzene rings is 1. The highest BCUT2D eigenvalue weighted by Gasteiger charge is 2.35. The van der Waals surface area contributed by atoms with Crippen molar-refractivity contribution in [1.29, 1.82) is 5.26 Å². The topological polar surface area (TPSA) is 82.1 Å². The van der Waals surface area contributed by atoms with E-state index in [0.29, 0.717) is 40.6 Å². The molecule has 1 fully saturated rings. The van der Waals surface area contributed by atoms with Gasteiger partial charge in [0.25, 0.3) is 6.43 Å². The number of piperidine rings is 1. The lowest BCUT2D eigenvalue weighted by Crippen LogP contribution is -2.41. The van der Waals surface area contributed by atoms with E-state index in [9.17, 15) is 18.1 Å². The third-order valence-electron chi connectivity index (χ3n) is 6.32. The molecule has 1 aliphatic heterocycles. The smallest absolute Gasteiger partial charge is 0.281 e. The van der Waals surface area contributed by atoms with Crippen molar-refractivity contribution in [1.82, 2.24) is 14.9 Å². The zero-order chi connectivity index (χ0) is 26.4. The number of nitriles is 1. The first-order chi connectivity index (χ1) is 17.9. The zero-order valence-electron chi connectivity index (χ0n) is 19.7. The van der Waals surface area contributed by atoms with Crippen molar-refractivity contribution in [2.45, 2.75) is 31.9 Å². The van der Waals surface area contributed by atoms with Crippen LogP contribution in [0, 0.1) is 28.0 Å². The van der Waals surface area contributed by atoms with Gasteiger partial charge in [0, 0.05) is 21.9 Å². The van der Waals surface area contributed by atoms with Crippen molar-refractivity contribution in [2.75, 3.05) is 26.2 Å². The summed E-state index contributed by atoms with van der Waals surface area (Å²) in [7, 11) is 0. The number of hydrogen-bond donors (Lipinski definition) is 0. The maximum absolute atomic E-state index is 14.2. The minimum Gasteiger partial charge on any atom is -0.492 e. The van der Waals surface area contributed by atoms with Crippen molar-refractivity contribution < 1.29 is 22.7 Å². The first-order valence-corrected chi connectivity index (χ1v) is 12.9.